The van der Waals surface area contributed by atoms with E-state index in [1.807, 2.05) is 256 Å². The fourth-order valence-electron chi connectivity index (χ4n) is 14.2. The molecule has 680 valence electrons. The van der Waals surface area contributed by atoms with Gasteiger partial charge in [-0.05, 0) is 110 Å². The third-order valence-corrected chi connectivity index (χ3v) is 21.3. The highest BCUT2D eigenvalue weighted by Crippen LogP contribution is 2.40. The number of phenols is 5. The number of methoxy groups -OCH3 is 4. The van der Waals surface area contributed by atoms with E-state index in [1.165, 1.54) is 14.2 Å². The number of para-hydroxylation sites is 6. The molecular weight excluding hydrogens is 1750 g/mol. The number of benzene rings is 15. The van der Waals surface area contributed by atoms with Gasteiger partial charge >= 0.3 is 6.01 Å². The van der Waals surface area contributed by atoms with Gasteiger partial charge in [0.15, 0.2) is 87.8 Å². The lowest BCUT2D eigenvalue weighted by atomic mass is 10.1. The molecule has 0 unspecified atom stereocenters. The Balaban J connectivity index is 0.000000126. The van der Waals surface area contributed by atoms with Crippen molar-refractivity contribution in [2.75, 3.05) is 28.4 Å². The monoisotopic (exact) mass is 1830 g/mol. The largest absolute Gasteiger partial charge is 0.507 e. The average molecular weight is 1830 g/mol. The van der Waals surface area contributed by atoms with E-state index in [-0.39, 0.29) is 34.8 Å². The zero-order chi connectivity index (χ0) is 96.4. The summed E-state index contributed by atoms with van der Waals surface area (Å²) in [6.45, 7) is 2.02. The van der Waals surface area contributed by atoms with Crippen molar-refractivity contribution in [3.8, 4) is 223 Å². The number of phenolic OH excluding ortho intramolecular Hbond substituents is 5. The first-order valence-electron chi connectivity index (χ1n) is 43.4. The van der Waals surface area contributed by atoms with Crippen LogP contribution in [0.1, 0.15) is 26.3 Å². The Morgan fingerprint density at radius 2 is 0.482 bits per heavy atom. The smallest absolute Gasteiger partial charge is 0.326 e. The molecule has 0 fully saturated rings. The number of carbonyl (C=O) groups excluding carboxylic acids is 2. The summed E-state index contributed by atoms with van der Waals surface area (Å²) in [5, 5.41) is 51.5. The first-order chi connectivity index (χ1) is 68.1. The molecule has 0 saturated heterocycles. The minimum Gasteiger partial charge on any atom is -0.507 e. The molecule has 15 aromatic carbocycles. The lowest BCUT2D eigenvalue weighted by molar-refractivity contribution is 0.111. The molecule has 0 amide bonds. The maximum absolute atomic E-state index is 11.5. The Morgan fingerprint density at radius 3 is 0.827 bits per heavy atom. The molecule has 0 saturated carbocycles. The van der Waals surface area contributed by atoms with Gasteiger partial charge in [-0.2, -0.15) is 9.97 Å². The molecule has 0 aliphatic carbocycles. The topological polar surface area (TPSA) is 375 Å². The molecule has 0 aliphatic rings. The molecule has 0 aliphatic heterocycles. The minimum atomic E-state index is 0.0542. The van der Waals surface area contributed by atoms with Gasteiger partial charge in [0.1, 0.15) is 63.8 Å². The molecule has 27 nitrogen and oxygen atoms in total. The number of hydrogen-bond acceptors (Lipinski definition) is 27. The van der Waals surface area contributed by atoms with Crippen LogP contribution in [0.4, 0.5) is 0 Å². The van der Waals surface area contributed by atoms with Crippen LogP contribution in [0.5, 0.6) is 63.5 Å². The van der Waals surface area contributed by atoms with Gasteiger partial charge in [0.25, 0.3) is 0 Å². The first-order valence-corrected chi connectivity index (χ1v) is 43.4. The number of ether oxygens (including phenoxy) is 5. The zero-order valence-electron chi connectivity index (χ0n) is 75.3. The van der Waals surface area contributed by atoms with Crippen molar-refractivity contribution >= 4 is 12.6 Å². The molecule has 20 aromatic rings. The molecule has 0 radical (unpaired) electrons. The number of aryl methyl sites for hydroxylation is 1. The van der Waals surface area contributed by atoms with Crippen molar-refractivity contribution in [3.05, 3.63) is 399 Å². The van der Waals surface area contributed by atoms with E-state index < -0.39 is 0 Å². The van der Waals surface area contributed by atoms with Gasteiger partial charge in [-0.15, -0.1) is 0 Å². The number of carbonyl (C=O) groups is 2. The highest BCUT2D eigenvalue weighted by atomic mass is 16.5. The van der Waals surface area contributed by atoms with Crippen molar-refractivity contribution in [2.24, 2.45) is 0 Å². The van der Waals surface area contributed by atoms with E-state index in [0.717, 1.165) is 56.4 Å². The third-order valence-electron chi connectivity index (χ3n) is 21.3. The number of aromatic nitrogens is 15. The van der Waals surface area contributed by atoms with E-state index in [4.69, 9.17) is 28.7 Å². The summed E-state index contributed by atoms with van der Waals surface area (Å²) in [6.07, 6.45) is 1.47. The normalized spacial score (nSPS) is 10.5. The summed E-state index contributed by atoms with van der Waals surface area (Å²) in [4.78, 5) is 91.0. The quantitative estimate of drug-likeness (QED) is 0.0393. The van der Waals surface area contributed by atoms with Crippen LogP contribution < -0.4 is 23.7 Å². The molecule has 20 rings (SSSR count). The van der Waals surface area contributed by atoms with Gasteiger partial charge < -0.3 is 49.2 Å². The lowest BCUT2D eigenvalue weighted by Gasteiger charge is -2.13. The number of nitrogens with zero attached hydrogens (tertiary/aromatic N) is 15. The van der Waals surface area contributed by atoms with Crippen molar-refractivity contribution in [2.45, 2.75) is 6.92 Å². The number of aldehydes is 2. The summed E-state index contributed by atoms with van der Waals surface area (Å²) >= 11 is 0. The Hall–Kier alpha value is -19.3. The van der Waals surface area contributed by atoms with Crippen LogP contribution in [0.3, 0.4) is 0 Å². The maximum Gasteiger partial charge on any atom is 0.326 e. The summed E-state index contributed by atoms with van der Waals surface area (Å²) < 4.78 is 27.2. The van der Waals surface area contributed by atoms with Crippen LogP contribution in [-0.2, 0) is 0 Å². The highest BCUT2D eigenvalue weighted by molar-refractivity contribution is 5.87. The zero-order valence-corrected chi connectivity index (χ0v) is 75.3. The summed E-state index contributed by atoms with van der Waals surface area (Å²) in [6, 6.07) is 116. The fraction of sp³-hybridized carbons (Fsp3) is 0.0446. The predicted octanol–water partition coefficient (Wildman–Crippen LogP) is 23.0. The van der Waals surface area contributed by atoms with Crippen LogP contribution in [0.2, 0.25) is 0 Å². The molecule has 0 spiro atoms. The maximum atomic E-state index is 11.5. The molecule has 5 heterocycles. The molecule has 5 aromatic heterocycles. The van der Waals surface area contributed by atoms with Crippen LogP contribution in [0.15, 0.2) is 382 Å². The SMILES string of the molecule is COc1cc(-c2nc(-c3ccccc3)nc(-c3ccccc3O)n2)cc(OC)c1C=O.COc1ccc(-c2nc(-c3ccccc3)nc(-c3ccccc3)n2)c(O)c1.COc1ccccc1-c1nc(-c2ccccc2C)nc(-c2ccccc2O)n1.O=Cc1ccc(-c2nc(-c3ccccc3)nc(-c3ccccc3O)n2)cc1.Oc1ccccc1-c1nc(Oc2ccccc2)nc(-c2ccccc2)n1. The van der Waals surface area contributed by atoms with Crippen molar-refractivity contribution in [1.29, 1.82) is 0 Å². The van der Waals surface area contributed by atoms with Crippen LogP contribution >= 0.6 is 0 Å². The number of aromatic hydroxyl groups is 5. The van der Waals surface area contributed by atoms with E-state index in [0.29, 0.717) is 161 Å². The minimum absolute atomic E-state index is 0.0542. The van der Waals surface area contributed by atoms with Gasteiger partial charge in [0.2, 0.25) is 0 Å². The molecule has 27 heteroatoms. The van der Waals surface area contributed by atoms with Crippen molar-refractivity contribution in [3.63, 3.8) is 0 Å². The summed E-state index contributed by atoms with van der Waals surface area (Å²) in [7, 11) is 6.12. The number of rotatable bonds is 22. The standard InChI is InChI=1S/C24H19N3O4.C23H19N3O2.C22H17N3O2.C22H15N3O2.C21H15N3O2/c1-30-20-12-16(13-21(31-2)18(20)14-28)23-25-22(15-8-4-3-5-9-15)26-24(27-23)17-10-6-7-11-19(17)29;1-15-9-3-4-10-16(15)21-24-22(17-11-5-7-13-19(17)27)26-23(25-21)18-12-6-8-14-20(18)28-2;1-27-17-12-13-18(19(26)14-17)22-24-20(15-8-4-2-5-9-15)23-21(25-22)16-10-6-3-7-11-16;26-14-15-10-12-17(13-11-15)21-23-20(16-6-2-1-3-7-16)24-22(25-21)18-8-4-5-9-19(18)27;25-18-14-8-7-13-17(18)20-22-19(15-9-3-1-4-10-15)23-21(24-20)26-16-11-5-2-6-12-16/h3-14,29H,1-2H3;3-14,27H,1-2H3;2-14,26H,1H3;1-14,27H;1-14,25H. The van der Waals surface area contributed by atoms with Gasteiger partial charge in [-0.1, -0.05) is 279 Å². The lowest BCUT2D eigenvalue weighted by Crippen LogP contribution is -2.02. The second kappa shape index (κ2) is 44.7. The van der Waals surface area contributed by atoms with Gasteiger partial charge in [0, 0.05) is 56.1 Å². The molecule has 5 N–H and O–H groups in total. The average Bonchev–Trinajstić information content (AvgIpc) is 0.839. The predicted molar refractivity (Wildman–Crippen MR) is 532 cm³/mol. The van der Waals surface area contributed by atoms with Crippen molar-refractivity contribution < 1.29 is 58.8 Å². The van der Waals surface area contributed by atoms with Crippen LogP contribution in [0.25, 0.3) is 159 Å². The van der Waals surface area contributed by atoms with E-state index >= 15 is 0 Å². The van der Waals surface area contributed by atoms with Gasteiger partial charge in [0.05, 0.1) is 67.4 Å². The highest BCUT2D eigenvalue weighted by Gasteiger charge is 2.24. The Labute approximate surface area is 798 Å². The second-order valence-electron chi connectivity index (χ2n) is 30.4. The first kappa shape index (κ1) is 92.9. The molecule has 139 heavy (non-hydrogen) atoms. The van der Waals surface area contributed by atoms with Gasteiger partial charge in [-0.25, -0.2) is 64.8 Å². The Kier molecular flexibility index (Phi) is 29.9. The van der Waals surface area contributed by atoms with E-state index in [1.54, 1.807) is 148 Å². The Morgan fingerprint density at radius 1 is 0.209 bits per heavy atom. The molecule has 0 bridgehead atoms. The van der Waals surface area contributed by atoms with E-state index in [9.17, 15) is 35.1 Å². The van der Waals surface area contributed by atoms with Gasteiger partial charge in [-0.3, -0.25) is 9.59 Å². The van der Waals surface area contributed by atoms with Crippen molar-refractivity contribution in [1.82, 2.24) is 74.8 Å². The molecular formula is C112H85N15O12. The fourth-order valence-corrected chi connectivity index (χ4v) is 14.2. The van der Waals surface area contributed by atoms with Crippen LogP contribution in [-0.4, -0.2) is 141 Å². The third kappa shape index (κ3) is 22.9. The summed E-state index contributed by atoms with van der Waals surface area (Å²) in [5.41, 5.74) is 11.8. The molecule has 0 atom stereocenters. The van der Waals surface area contributed by atoms with E-state index in [2.05, 4.69) is 69.8 Å². The summed E-state index contributed by atoms with van der Waals surface area (Å²) in [5.74, 6) is 9.25. The Bertz CT molecular complexity index is 7520. The second-order valence-corrected chi connectivity index (χ2v) is 30.4. The number of hydrogen-bond donors (Lipinski definition) is 5. The van der Waals surface area contributed by atoms with Crippen LogP contribution in [0, 0.1) is 6.92 Å².